The zero-order valence-corrected chi connectivity index (χ0v) is 11.0. The Morgan fingerprint density at radius 3 is 2.82 bits per heavy atom. The van der Waals surface area contributed by atoms with Crippen LogP contribution in [0.2, 0.25) is 0 Å². The second kappa shape index (κ2) is 7.40. The van der Waals surface area contributed by atoms with E-state index in [1.54, 1.807) is 10.9 Å². The lowest BCUT2D eigenvalue weighted by Gasteiger charge is -2.06. The number of aliphatic hydroxyl groups is 1. The molecule has 0 radical (unpaired) electrons. The minimum Gasteiger partial charge on any atom is -0.387 e. The molecule has 0 aliphatic rings. The molecule has 98 valence electrons. The van der Waals surface area contributed by atoms with E-state index in [1.165, 1.54) is 0 Å². The van der Waals surface area contributed by atoms with Gasteiger partial charge in [-0.05, 0) is 18.8 Å². The van der Waals surface area contributed by atoms with E-state index in [0.717, 1.165) is 13.0 Å². The van der Waals surface area contributed by atoms with Crippen molar-refractivity contribution >= 4 is 0 Å². The Bertz CT molecular complexity index is 312. The van der Waals surface area contributed by atoms with Crippen LogP contribution in [0.25, 0.3) is 0 Å². The zero-order chi connectivity index (χ0) is 12.7. The van der Waals surface area contributed by atoms with Crippen molar-refractivity contribution in [2.75, 3.05) is 13.2 Å². The first-order chi connectivity index (χ1) is 8.13. The van der Waals surface area contributed by atoms with E-state index in [9.17, 15) is 5.11 Å². The third-order valence-corrected chi connectivity index (χ3v) is 2.59. The molecule has 1 N–H and O–H groups in total. The number of hydrogen-bond donors (Lipinski definition) is 1. The molecule has 0 amide bonds. The number of hydrogen-bond acceptors (Lipinski definition) is 4. The highest BCUT2D eigenvalue weighted by Crippen LogP contribution is 2.11. The highest BCUT2D eigenvalue weighted by Gasteiger charge is 2.09. The predicted molar refractivity (Wildman–Crippen MR) is 65.5 cm³/mol. The van der Waals surface area contributed by atoms with Crippen LogP contribution in [0.3, 0.4) is 0 Å². The summed E-state index contributed by atoms with van der Waals surface area (Å²) in [6.07, 6.45) is 3.01. The second-order valence-electron chi connectivity index (χ2n) is 4.63. The third kappa shape index (κ3) is 5.28. The number of rotatable bonds is 8. The molecular formula is C12H23N3O2. The van der Waals surface area contributed by atoms with E-state index in [-0.39, 0.29) is 0 Å². The van der Waals surface area contributed by atoms with Gasteiger partial charge < -0.3 is 9.84 Å². The largest absolute Gasteiger partial charge is 0.387 e. The molecular weight excluding hydrogens is 218 g/mol. The van der Waals surface area contributed by atoms with Gasteiger partial charge in [-0.2, -0.15) is 0 Å². The van der Waals surface area contributed by atoms with Gasteiger partial charge in [0.1, 0.15) is 5.69 Å². The smallest absolute Gasteiger partial charge is 0.111 e. The fourth-order valence-corrected chi connectivity index (χ4v) is 1.36. The summed E-state index contributed by atoms with van der Waals surface area (Å²) in [4.78, 5) is 0. The molecule has 17 heavy (non-hydrogen) atoms. The van der Waals surface area contributed by atoms with E-state index in [4.69, 9.17) is 4.74 Å². The topological polar surface area (TPSA) is 60.2 Å². The highest BCUT2D eigenvalue weighted by atomic mass is 16.5. The molecule has 5 nitrogen and oxygen atoms in total. The van der Waals surface area contributed by atoms with Gasteiger partial charge in [0.2, 0.25) is 0 Å². The molecule has 0 aromatic carbocycles. The lowest BCUT2D eigenvalue weighted by molar-refractivity contribution is 0.113. The van der Waals surface area contributed by atoms with Gasteiger partial charge in [-0.15, -0.1) is 5.10 Å². The lowest BCUT2D eigenvalue weighted by Crippen LogP contribution is -2.08. The van der Waals surface area contributed by atoms with Gasteiger partial charge in [-0.1, -0.05) is 26.0 Å². The molecule has 0 spiro atoms. The molecule has 0 bridgehead atoms. The fraction of sp³-hybridized carbons (Fsp3) is 0.833. The molecule has 0 saturated heterocycles. The molecule has 0 saturated carbocycles. The van der Waals surface area contributed by atoms with Crippen LogP contribution in [-0.2, 0) is 11.3 Å². The van der Waals surface area contributed by atoms with Gasteiger partial charge in [0, 0.05) is 6.61 Å². The van der Waals surface area contributed by atoms with Crippen molar-refractivity contribution < 1.29 is 9.84 Å². The summed E-state index contributed by atoms with van der Waals surface area (Å²) in [5, 5.41) is 17.4. The lowest BCUT2D eigenvalue weighted by atomic mass is 10.1. The van der Waals surface area contributed by atoms with Crippen molar-refractivity contribution in [1.29, 1.82) is 0 Å². The van der Waals surface area contributed by atoms with Crippen LogP contribution >= 0.6 is 0 Å². The molecule has 0 aliphatic carbocycles. The van der Waals surface area contributed by atoms with Crippen molar-refractivity contribution in [2.45, 2.75) is 46.3 Å². The predicted octanol–water partition coefficient (Wildman–Crippen LogP) is 1.78. The second-order valence-corrected chi connectivity index (χ2v) is 4.63. The van der Waals surface area contributed by atoms with Crippen LogP contribution < -0.4 is 0 Å². The first-order valence-electron chi connectivity index (χ1n) is 6.29. The van der Waals surface area contributed by atoms with Gasteiger partial charge in [0.15, 0.2) is 0 Å². The summed E-state index contributed by atoms with van der Waals surface area (Å²) in [5.41, 5.74) is 0.634. The Kier molecular flexibility index (Phi) is 6.15. The molecule has 0 fully saturated rings. The van der Waals surface area contributed by atoms with Crippen LogP contribution in [0.4, 0.5) is 0 Å². The van der Waals surface area contributed by atoms with Crippen molar-refractivity contribution in [3.8, 4) is 0 Å². The normalized spacial score (nSPS) is 13.2. The van der Waals surface area contributed by atoms with E-state index in [0.29, 0.717) is 31.2 Å². The van der Waals surface area contributed by atoms with Crippen LogP contribution in [0, 0.1) is 5.92 Å². The maximum Gasteiger partial charge on any atom is 0.111 e. The molecule has 5 heteroatoms. The molecule has 1 aromatic rings. The first kappa shape index (κ1) is 14.1. The van der Waals surface area contributed by atoms with E-state index < -0.39 is 6.10 Å². The van der Waals surface area contributed by atoms with Gasteiger partial charge in [0.05, 0.1) is 25.5 Å². The maximum atomic E-state index is 9.57. The average Bonchev–Trinajstić information content (AvgIpc) is 2.76. The summed E-state index contributed by atoms with van der Waals surface area (Å²) < 4.78 is 7.21. The summed E-state index contributed by atoms with van der Waals surface area (Å²) in [6.45, 7) is 8.38. The summed E-state index contributed by atoms with van der Waals surface area (Å²) in [6, 6.07) is 0. The van der Waals surface area contributed by atoms with Gasteiger partial charge >= 0.3 is 0 Å². The average molecular weight is 241 g/mol. The Hall–Kier alpha value is -0.940. The minimum absolute atomic E-state index is 0.509. The number of ether oxygens (including phenoxy) is 1. The Morgan fingerprint density at radius 1 is 1.41 bits per heavy atom. The van der Waals surface area contributed by atoms with Crippen LogP contribution in [0.5, 0.6) is 0 Å². The maximum absolute atomic E-state index is 9.57. The van der Waals surface area contributed by atoms with Crippen LogP contribution in [0.15, 0.2) is 6.20 Å². The number of aliphatic hydroxyl groups excluding tert-OH is 1. The first-order valence-corrected chi connectivity index (χ1v) is 6.29. The Labute approximate surface area is 103 Å². The quantitative estimate of drug-likeness (QED) is 0.705. The molecule has 1 aromatic heterocycles. The van der Waals surface area contributed by atoms with Gasteiger partial charge in [0.25, 0.3) is 0 Å². The van der Waals surface area contributed by atoms with Gasteiger partial charge in [-0.25, -0.2) is 4.68 Å². The number of nitrogens with zero attached hydrogens (tertiary/aromatic N) is 3. The SMILES string of the molecule is CCC(O)c1cn(CCOCCC(C)C)nn1. The van der Waals surface area contributed by atoms with E-state index in [1.807, 2.05) is 6.92 Å². The highest BCUT2D eigenvalue weighted by molar-refractivity contribution is 4.96. The van der Waals surface area contributed by atoms with E-state index >= 15 is 0 Å². The molecule has 0 aliphatic heterocycles. The number of aromatic nitrogens is 3. The third-order valence-electron chi connectivity index (χ3n) is 2.59. The Balaban J connectivity index is 2.21. The molecule has 1 rings (SSSR count). The Morgan fingerprint density at radius 2 is 2.18 bits per heavy atom. The standard InChI is InChI=1S/C12H23N3O2/c1-4-12(16)11-9-15(14-13-11)6-8-17-7-5-10(2)3/h9-10,12,16H,4-8H2,1-3H3. The van der Waals surface area contributed by atoms with Gasteiger partial charge in [-0.3, -0.25) is 0 Å². The van der Waals surface area contributed by atoms with Crippen LogP contribution in [-0.4, -0.2) is 33.3 Å². The summed E-state index contributed by atoms with van der Waals surface area (Å²) in [5.74, 6) is 0.674. The monoisotopic (exact) mass is 241 g/mol. The van der Waals surface area contributed by atoms with Crippen molar-refractivity contribution in [2.24, 2.45) is 5.92 Å². The van der Waals surface area contributed by atoms with Crippen LogP contribution in [0.1, 0.15) is 45.4 Å². The zero-order valence-electron chi connectivity index (χ0n) is 11.0. The summed E-state index contributed by atoms with van der Waals surface area (Å²) in [7, 11) is 0. The van der Waals surface area contributed by atoms with E-state index in [2.05, 4.69) is 24.2 Å². The van der Waals surface area contributed by atoms with Crippen molar-refractivity contribution in [3.63, 3.8) is 0 Å². The minimum atomic E-state index is -0.509. The molecule has 1 atom stereocenters. The molecule has 1 heterocycles. The summed E-state index contributed by atoms with van der Waals surface area (Å²) >= 11 is 0. The van der Waals surface area contributed by atoms with Crippen molar-refractivity contribution in [1.82, 2.24) is 15.0 Å². The molecule has 1 unspecified atom stereocenters. The fourth-order valence-electron chi connectivity index (χ4n) is 1.36. The van der Waals surface area contributed by atoms with Crippen molar-refractivity contribution in [3.05, 3.63) is 11.9 Å².